The molecule has 5 atom stereocenters. The highest BCUT2D eigenvalue weighted by atomic mass is 79.9. The Bertz CT molecular complexity index is 1320. The van der Waals surface area contributed by atoms with Crippen LogP contribution in [-0.4, -0.2) is 44.5 Å². The number of halogens is 2. The van der Waals surface area contributed by atoms with Crippen LogP contribution in [0.1, 0.15) is 22.9 Å². The number of nitrogen functional groups attached to an aromatic ring is 1. The van der Waals surface area contributed by atoms with E-state index in [4.69, 9.17) is 24.8 Å². The highest BCUT2D eigenvalue weighted by molar-refractivity contribution is 9.10. The molecule has 3 aromatic carbocycles. The van der Waals surface area contributed by atoms with Crippen LogP contribution in [0.5, 0.6) is 0 Å². The van der Waals surface area contributed by atoms with E-state index in [0.717, 1.165) is 16.7 Å². The van der Waals surface area contributed by atoms with Gasteiger partial charge in [0.1, 0.15) is 18.3 Å². The third-order valence-corrected chi connectivity index (χ3v) is 7.84. The molecule has 0 amide bonds. The van der Waals surface area contributed by atoms with E-state index in [0.29, 0.717) is 30.5 Å². The van der Waals surface area contributed by atoms with Crippen molar-refractivity contribution in [2.45, 2.75) is 49.2 Å². The SMILES string of the molecule is NNc1nc(Br)nn1[C@H]1O[C@H](COCc2ccccc2)[C@@H](OCc2ccccc2)[C@H](OCc2ccccc2)[C@@H]1Br. The maximum Gasteiger partial charge on any atom is 0.239 e. The van der Waals surface area contributed by atoms with Crippen molar-refractivity contribution >= 4 is 37.8 Å². The van der Waals surface area contributed by atoms with Crippen LogP contribution < -0.4 is 11.3 Å². The Morgan fingerprint density at radius 3 is 1.88 bits per heavy atom. The zero-order valence-corrected chi connectivity index (χ0v) is 24.9. The highest BCUT2D eigenvalue weighted by Crippen LogP contribution is 2.38. The van der Waals surface area contributed by atoms with Crippen LogP contribution in [0, 0.1) is 0 Å². The molecule has 0 bridgehead atoms. The van der Waals surface area contributed by atoms with Gasteiger partial charge in [0.15, 0.2) is 6.23 Å². The molecule has 0 saturated carbocycles. The number of nitrogens with two attached hydrogens (primary N) is 1. The highest BCUT2D eigenvalue weighted by Gasteiger charge is 2.48. The van der Waals surface area contributed by atoms with Crippen LogP contribution in [0.3, 0.4) is 0 Å². The molecule has 3 N–H and O–H groups in total. The molecule has 210 valence electrons. The third kappa shape index (κ3) is 7.35. The molecule has 40 heavy (non-hydrogen) atoms. The lowest BCUT2D eigenvalue weighted by Crippen LogP contribution is -2.57. The largest absolute Gasteiger partial charge is 0.374 e. The minimum Gasteiger partial charge on any atom is -0.374 e. The van der Waals surface area contributed by atoms with Crippen molar-refractivity contribution in [2.24, 2.45) is 5.84 Å². The van der Waals surface area contributed by atoms with Crippen molar-refractivity contribution in [2.75, 3.05) is 12.0 Å². The van der Waals surface area contributed by atoms with Gasteiger partial charge in [-0.2, -0.15) is 9.67 Å². The quantitative estimate of drug-likeness (QED) is 0.118. The van der Waals surface area contributed by atoms with Gasteiger partial charge in [-0.15, -0.1) is 5.10 Å². The Labute approximate surface area is 250 Å². The van der Waals surface area contributed by atoms with E-state index in [1.807, 2.05) is 91.0 Å². The van der Waals surface area contributed by atoms with E-state index in [1.165, 1.54) is 0 Å². The summed E-state index contributed by atoms with van der Waals surface area (Å²) in [4.78, 5) is 3.95. The monoisotopic (exact) mass is 671 g/mol. The number of nitrogens with zero attached hydrogens (tertiary/aromatic N) is 3. The van der Waals surface area contributed by atoms with Crippen LogP contribution in [0.2, 0.25) is 0 Å². The second-order valence-electron chi connectivity index (χ2n) is 9.33. The molecule has 5 rings (SSSR count). The van der Waals surface area contributed by atoms with Crippen molar-refractivity contribution in [1.82, 2.24) is 14.8 Å². The summed E-state index contributed by atoms with van der Waals surface area (Å²) in [7, 11) is 0. The van der Waals surface area contributed by atoms with E-state index in [1.54, 1.807) is 4.68 Å². The van der Waals surface area contributed by atoms with E-state index < -0.39 is 24.5 Å². The molecule has 9 nitrogen and oxygen atoms in total. The summed E-state index contributed by atoms with van der Waals surface area (Å²) >= 11 is 7.20. The molecular weight excluding hydrogens is 642 g/mol. The maximum atomic E-state index is 6.63. The number of hydrazine groups is 1. The lowest BCUT2D eigenvalue weighted by molar-refractivity contribution is -0.233. The molecule has 1 aliphatic rings. The van der Waals surface area contributed by atoms with E-state index in [2.05, 4.69) is 47.4 Å². The van der Waals surface area contributed by atoms with Gasteiger partial charge in [-0.25, -0.2) is 5.84 Å². The van der Waals surface area contributed by atoms with Crippen LogP contribution in [0.25, 0.3) is 0 Å². The second kappa shape index (κ2) is 14.3. The van der Waals surface area contributed by atoms with Crippen LogP contribution >= 0.6 is 31.9 Å². The number of ether oxygens (including phenoxy) is 4. The van der Waals surface area contributed by atoms with Gasteiger partial charge >= 0.3 is 0 Å². The van der Waals surface area contributed by atoms with Gasteiger partial charge < -0.3 is 18.9 Å². The molecular formula is C29H31Br2N5O4. The summed E-state index contributed by atoms with van der Waals surface area (Å²) in [5.41, 5.74) is 5.78. The number of anilines is 1. The molecule has 11 heteroatoms. The minimum absolute atomic E-state index is 0.275. The predicted molar refractivity (Wildman–Crippen MR) is 158 cm³/mol. The van der Waals surface area contributed by atoms with E-state index in [-0.39, 0.29) is 11.4 Å². The number of rotatable bonds is 12. The molecule has 1 saturated heterocycles. The maximum absolute atomic E-state index is 6.63. The molecule has 0 spiro atoms. The summed E-state index contributed by atoms with van der Waals surface area (Å²) < 4.78 is 27.9. The van der Waals surface area contributed by atoms with Gasteiger partial charge in [-0.3, -0.25) is 5.43 Å². The van der Waals surface area contributed by atoms with Gasteiger partial charge in [-0.1, -0.05) is 107 Å². The van der Waals surface area contributed by atoms with Crippen molar-refractivity contribution in [3.8, 4) is 0 Å². The fourth-order valence-electron chi connectivity index (χ4n) is 4.58. The van der Waals surface area contributed by atoms with Gasteiger partial charge in [0, 0.05) is 0 Å². The van der Waals surface area contributed by atoms with Gasteiger partial charge in [0.05, 0.1) is 31.3 Å². The summed E-state index contributed by atoms with van der Waals surface area (Å²) in [6.07, 6.45) is -1.99. The Morgan fingerprint density at radius 2 is 1.32 bits per heavy atom. The number of alkyl halides is 1. The van der Waals surface area contributed by atoms with Crippen LogP contribution in [-0.2, 0) is 38.8 Å². The first kappa shape index (κ1) is 28.9. The number of hydrogen-bond acceptors (Lipinski definition) is 8. The third-order valence-electron chi connectivity index (χ3n) is 6.53. The standard InChI is InChI=1S/C29H31Br2N5O4/c30-24-26(39-18-22-14-8-3-9-15-22)25(38-17-21-12-6-2-7-13-21)23(19-37-16-20-10-4-1-5-11-20)40-27(24)36-29(34-32)33-28(31)35-36/h1-15,23-27H,16-19,32H2,(H,33,34,35)/t23-,24+,25-,26-,27+/m1/s1. The Kier molecular flexibility index (Phi) is 10.3. The van der Waals surface area contributed by atoms with E-state index in [9.17, 15) is 0 Å². The van der Waals surface area contributed by atoms with Crippen molar-refractivity contribution < 1.29 is 18.9 Å². The summed E-state index contributed by atoms with van der Waals surface area (Å²) in [5.74, 6) is 6.10. The molecule has 0 aliphatic carbocycles. The number of aromatic nitrogens is 3. The van der Waals surface area contributed by atoms with Gasteiger partial charge in [-0.05, 0) is 32.6 Å². The molecule has 1 aliphatic heterocycles. The zero-order chi connectivity index (χ0) is 27.7. The second-order valence-corrected chi connectivity index (χ2v) is 11.1. The first-order valence-corrected chi connectivity index (χ1v) is 14.6. The van der Waals surface area contributed by atoms with Crippen LogP contribution in [0.15, 0.2) is 95.7 Å². The number of nitrogens with one attached hydrogen (secondary N) is 1. The van der Waals surface area contributed by atoms with E-state index >= 15 is 0 Å². The summed E-state index contributed by atoms with van der Waals surface area (Å²) in [5, 5.41) is 4.48. The average molecular weight is 673 g/mol. The number of benzene rings is 3. The Balaban J connectivity index is 1.42. The number of hydrogen-bond donors (Lipinski definition) is 2. The lowest BCUT2D eigenvalue weighted by Gasteiger charge is -2.44. The van der Waals surface area contributed by atoms with Gasteiger partial charge in [0.2, 0.25) is 10.7 Å². The molecule has 4 aromatic rings. The van der Waals surface area contributed by atoms with Crippen molar-refractivity contribution in [3.05, 3.63) is 112 Å². The first-order chi connectivity index (χ1) is 19.6. The first-order valence-electron chi connectivity index (χ1n) is 12.9. The topological polar surface area (TPSA) is 106 Å². The lowest BCUT2D eigenvalue weighted by atomic mass is 9.99. The Hall–Kier alpha value is -2.64. The smallest absolute Gasteiger partial charge is 0.239 e. The van der Waals surface area contributed by atoms with Gasteiger partial charge in [0.25, 0.3) is 0 Å². The molecule has 0 radical (unpaired) electrons. The van der Waals surface area contributed by atoms with Crippen molar-refractivity contribution in [1.29, 1.82) is 0 Å². The fourth-order valence-corrected chi connectivity index (χ4v) is 5.72. The minimum atomic E-state index is -0.618. The summed E-state index contributed by atoms with van der Waals surface area (Å²) in [6.45, 7) is 1.50. The van der Waals surface area contributed by atoms with Crippen LogP contribution in [0.4, 0.5) is 5.95 Å². The fraction of sp³-hybridized carbons (Fsp3) is 0.310. The zero-order valence-electron chi connectivity index (χ0n) is 21.7. The summed E-state index contributed by atoms with van der Waals surface area (Å²) in [6, 6.07) is 30.1. The molecule has 2 heterocycles. The molecule has 1 fully saturated rings. The predicted octanol–water partition coefficient (Wildman–Crippen LogP) is 5.37. The average Bonchev–Trinajstić information content (AvgIpc) is 3.38. The van der Waals surface area contributed by atoms with Crippen molar-refractivity contribution in [3.63, 3.8) is 0 Å². The molecule has 0 unspecified atom stereocenters. The normalized spacial score (nSPS) is 22.7. The Morgan fingerprint density at radius 1 is 0.800 bits per heavy atom. The molecule has 1 aromatic heterocycles.